The van der Waals surface area contributed by atoms with Crippen molar-refractivity contribution in [1.82, 2.24) is 5.32 Å². The Morgan fingerprint density at radius 1 is 0.879 bits per heavy atom. The Hall–Kier alpha value is -3.47. The van der Waals surface area contributed by atoms with Crippen molar-refractivity contribution >= 4 is 5.91 Å². The van der Waals surface area contributed by atoms with Crippen LogP contribution in [0.1, 0.15) is 54.7 Å². The molecule has 0 aliphatic rings. The van der Waals surface area contributed by atoms with Gasteiger partial charge in [0.05, 0.1) is 13.7 Å². The van der Waals surface area contributed by atoms with Crippen LogP contribution in [0.4, 0.5) is 0 Å². The summed E-state index contributed by atoms with van der Waals surface area (Å²) in [7, 11) is 1.62. The molecule has 0 aliphatic carbocycles. The molecule has 0 heterocycles. The third kappa shape index (κ3) is 6.51. The van der Waals surface area contributed by atoms with Gasteiger partial charge in [-0.3, -0.25) is 4.79 Å². The normalized spacial score (nSPS) is 11.1. The molecule has 0 spiro atoms. The number of carbonyl (C=O) groups is 1. The average molecular weight is 448 g/mol. The maximum Gasteiger partial charge on any atom is 0.251 e. The minimum absolute atomic E-state index is 0.0894. The molecule has 3 aromatic rings. The molecule has 0 bridgehead atoms. The summed E-state index contributed by atoms with van der Waals surface area (Å²) in [6.45, 7) is 9.70. The fraction of sp³-hybridized carbons (Fsp3) is 0.321. The number of nitrogens with one attached hydrogen (secondary N) is 1. The maximum absolute atomic E-state index is 12.8. The maximum atomic E-state index is 12.8. The van der Waals surface area contributed by atoms with Crippen molar-refractivity contribution in [1.29, 1.82) is 0 Å². The van der Waals surface area contributed by atoms with E-state index >= 15 is 0 Å². The number of hydrogen-bond donors (Lipinski definition) is 1. The van der Waals surface area contributed by atoms with Gasteiger partial charge in [0.2, 0.25) is 0 Å². The zero-order chi connectivity index (χ0) is 23.8. The Bertz CT molecular complexity index is 1070. The Balaban J connectivity index is 1.71. The second kappa shape index (κ2) is 10.9. The van der Waals surface area contributed by atoms with E-state index in [9.17, 15) is 4.79 Å². The molecule has 0 atom stereocenters. The van der Waals surface area contributed by atoms with E-state index in [2.05, 4.69) is 38.2 Å². The van der Waals surface area contributed by atoms with Gasteiger partial charge >= 0.3 is 0 Å². The number of rotatable bonds is 9. The zero-order valence-corrected chi connectivity index (χ0v) is 20.1. The first-order chi connectivity index (χ1) is 15.8. The first kappa shape index (κ1) is 24.2. The van der Waals surface area contributed by atoms with E-state index in [4.69, 9.17) is 14.2 Å². The molecule has 33 heavy (non-hydrogen) atoms. The predicted molar refractivity (Wildman–Crippen MR) is 131 cm³/mol. The SMILES string of the molecule is CCOc1ccc(C(=O)NCc2ccccc2OC)cc1COc1ccc(C(C)(C)C)cc1. The van der Waals surface area contributed by atoms with E-state index in [1.54, 1.807) is 13.2 Å². The highest BCUT2D eigenvalue weighted by Crippen LogP contribution is 2.26. The summed E-state index contributed by atoms with van der Waals surface area (Å²) in [4.78, 5) is 12.8. The van der Waals surface area contributed by atoms with E-state index in [1.165, 1.54) is 5.56 Å². The molecule has 0 saturated carbocycles. The van der Waals surface area contributed by atoms with E-state index in [0.717, 1.165) is 22.6 Å². The lowest BCUT2D eigenvalue weighted by Crippen LogP contribution is -2.23. The first-order valence-electron chi connectivity index (χ1n) is 11.2. The van der Waals surface area contributed by atoms with Crippen LogP contribution in [0.25, 0.3) is 0 Å². The third-order valence-corrected chi connectivity index (χ3v) is 5.37. The lowest BCUT2D eigenvalue weighted by molar-refractivity contribution is 0.0950. The molecular formula is C28H33NO4. The molecule has 0 unspecified atom stereocenters. The van der Waals surface area contributed by atoms with Crippen molar-refractivity contribution < 1.29 is 19.0 Å². The van der Waals surface area contributed by atoms with Crippen molar-refractivity contribution in [3.8, 4) is 17.2 Å². The van der Waals surface area contributed by atoms with E-state index in [-0.39, 0.29) is 11.3 Å². The topological polar surface area (TPSA) is 56.8 Å². The van der Waals surface area contributed by atoms with Gasteiger partial charge in [0.1, 0.15) is 23.9 Å². The number of para-hydroxylation sites is 1. The molecule has 0 fully saturated rings. The third-order valence-electron chi connectivity index (χ3n) is 5.37. The van der Waals surface area contributed by atoms with Crippen molar-refractivity contribution in [2.45, 2.75) is 46.3 Å². The van der Waals surface area contributed by atoms with E-state index in [0.29, 0.717) is 31.1 Å². The summed E-state index contributed by atoms with van der Waals surface area (Å²) in [5.74, 6) is 2.07. The minimum atomic E-state index is -0.167. The van der Waals surface area contributed by atoms with Crippen molar-refractivity contribution in [3.63, 3.8) is 0 Å². The van der Waals surface area contributed by atoms with Crippen molar-refractivity contribution in [3.05, 3.63) is 89.0 Å². The summed E-state index contributed by atoms with van der Waals surface area (Å²) in [6.07, 6.45) is 0. The molecule has 5 heteroatoms. The molecule has 1 amide bonds. The standard InChI is InChI=1S/C28H33NO4/c1-6-32-26-16-11-20(27(30)29-18-21-9-7-8-10-25(21)31-5)17-22(26)19-33-24-14-12-23(13-15-24)28(2,3)4/h7-17H,6,18-19H2,1-5H3,(H,29,30). The molecule has 3 rings (SSSR count). The molecule has 0 aromatic heterocycles. The molecule has 174 valence electrons. The minimum Gasteiger partial charge on any atom is -0.496 e. The molecule has 0 radical (unpaired) electrons. The number of benzene rings is 3. The largest absolute Gasteiger partial charge is 0.496 e. The van der Waals surface area contributed by atoms with Gasteiger partial charge in [-0.15, -0.1) is 0 Å². The Morgan fingerprint density at radius 2 is 1.61 bits per heavy atom. The molecule has 3 aromatic carbocycles. The number of carbonyl (C=O) groups excluding carboxylic acids is 1. The lowest BCUT2D eigenvalue weighted by atomic mass is 9.87. The van der Waals surface area contributed by atoms with Crippen LogP contribution in [-0.4, -0.2) is 19.6 Å². The average Bonchev–Trinajstić information content (AvgIpc) is 2.82. The second-order valence-electron chi connectivity index (χ2n) is 8.81. The molecule has 0 aliphatic heterocycles. The van der Waals surface area contributed by atoms with E-state index < -0.39 is 0 Å². The summed E-state index contributed by atoms with van der Waals surface area (Å²) in [5.41, 5.74) is 3.63. The molecule has 5 nitrogen and oxygen atoms in total. The van der Waals surface area contributed by atoms with Gasteiger partial charge in [-0.1, -0.05) is 51.1 Å². The Morgan fingerprint density at radius 3 is 2.27 bits per heavy atom. The van der Waals surface area contributed by atoms with Crippen LogP contribution in [0.2, 0.25) is 0 Å². The fourth-order valence-corrected chi connectivity index (χ4v) is 3.47. The quantitative estimate of drug-likeness (QED) is 0.444. The Kier molecular flexibility index (Phi) is 7.99. The van der Waals surface area contributed by atoms with Gasteiger partial charge in [0.15, 0.2) is 0 Å². The first-order valence-corrected chi connectivity index (χ1v) is 11.2. The number of methoxy groups -OCH3 is 1. The van der Waals surface area contributed by atoms with Crippen LogP contribution in [0.3, 0.4) is 0 Å². The monoisotopic (exact) mass is 447 g/mol. The number of ether oxygens (including phenoxy) is 3. The van der Waals surface area contributed by atoms with Gasteiger partial charge in [0, 0.05) is 23.2 Å². The summed E-state index contributed by atoms with van der Waals surface area (Å²) in [6, 6.07) is 21.2. The zero-order valence-electron chi connectivity index (χ0n) is 20.1. The number of hydrogen-bond acceptors (Lipinski definition) is 4. The fourth-order valence-electron chi connectivity index (χ4n) is 3.47. The Labute approximate surface area is 196 Å². The van der Waals surface area contributed by atoms with Gasteiger partial charge in [-0.05, 0) is 54.3 Å². The van der Waals surface area contributed by atoms with Crippen LogP contribution >= 0.6 is 0 Å². The van der Waals surface area contributed by atoms with Gasteiger partial charge in [0.25, 0.3) is 5.91 Å². The van der Waals surface area contributed by atoms with Gasteiger partial charge in [-0.2, -0.15) is 0 Å². The molecular weight excluding hydrogens is 414 g/mol. The van der Waals surface area contributed by atoms with Crippen LogP contribution in [0.15, 0.2) is 66.7 Å². The second-order valence-corrected chi connectivity index (χ2v) is 8.81. The van der Waals surface area contributed by atoms with Crippen molar-refractivity contribution in [2.75, 3.05) is 13.7 Å². The highest BCUT2D eigenvalue weighted by atomic mass is 16.5. The summed E-state index contributed by atoms with van der Waals surface area (Å²) in [5, 5.41) is 2.96. The van der Waals surface area contributed by atoms with E-state index in [1.807, 2.05) is 55.5 Å². The highest BCUT2D eigenvalue weighted by Gasteiger charge is 2.14. The smallest absolute Gasteiger partial charge is 0.251 e. The van der Waals surface area contributed by atoms with Crippen molar-refractivity contribution in [2.24, 2.45) is 0 Å². The van der Waals surface area contributed by atoms with Gasteiger partial charge < -0.3 is 19.5 Å². The highest BCUT2D eigenvalue weighted by molar-refractivity contribution is 5.94. The van der Waals surface area contributed by atoms with Crippen LogP contribution < -0.4 is 19.5 Å². The van der Waals surface area contributed by atoms with Crippen LogP contribution in [-0.2, 0) is 18.6 Å². The predicted octanol–water partition coefficient (Wildman–Crippen LogP) is 5.90. The van der Waals surface area contributed by atoms with Crippen LogP contribution in [0, 0.1) is 0 Å². The number of amides is 1. The van der Waals surface area contributed by atoms with Gasteiger partial charge in [-0.25, -0.2) is 0 Å². The summed E-state index contributed by atoms with van der Waals surface area (Å²) >= 11 is 0. The lowest BCUT2D eigenvalue weighted by Gasteiger charge is -2.19. The molecule has 1 N–H and O–H groups in total. The summed E-state index contributed by atoms with van der Waals surface area (Å²) < 4.78 is 17.1. The molecule has 0 saturated heterocycles. The van der Waals surface area contributed by atoms with Crippen LogP contribution in [0.5, 0.6) is 17.2 Å².